The monoisotopic (exact) mass is 268 g/mol. The third-order valence-electron chi connectivity index (χ3n) is 4.06. The summed E-state index contributed by atoms with van der Waals surface area (Å²) in [7, 11) is 0. The topological polar surface area (TPSA) is 86.7 Å². The summed E-state index contributed by atoms with van der Waals surface area (Å²) in [5.41, 5.74) is -0.849. The zero-order valence-corrected chi connectivity index (χ0v) is 11.3. The Hall–Kier alpha value is -1.59. The van der Waals surface area contributed by atoms with Gasteiger partial charge in [0.1, 0.15) is 11.6 Å². The number of imide groups is 1. The Morgan fingerprint density at radius 1 is 1.26 bits per heavy atom. The first-order valence-corrected chi connectivity index (χ1v) is 6.78. The number of hydrogen-bond donors (Lipinski definition) is 2. The van der Waals surface area contributed by atoms with Crippen molar-refractivity contribution in [3.05, 3.63) is 0 Å². The summed E-state index contributed by atoms with van der Waals surface area (Å²) in [6, 6.07) is -1.65. The molecule has 1 atom stereocenters. The molecule has 2 rings (SSSR count). The van der Waals surface area contributed by atoms with Crippen LogP contribution >= 0.6 is 0 Å². The molecule has 1 aliphatic carbocycles. The van der Waals surface area contributed by atoms with Crippen LogP contribution in [0.5, 0.6) is 0 Å². The van der Waals surface area contributed by atoms with Gasteiger partial charge in [-0.05, 0) is 18.8 Å². The zero-order chi connectivity index (χ0) is 14.2. The molecule has 1 aliphatic heterocycles. The first kappa shape index (κ1) is 13.8. The van der Waals surface area contributed by atoms with Gasteiger partial charge in [-0.15, -0.1) is 0 Å². The van der Waals surface area contributed by atoms with Crippen LogP contribution in [-0.2, 0) is 9.59 Å². The lowest BCUT2D eigenvalue weighted by Crippen LogP contribution is -2.51. The predicted molar refractivity (Wildman–Crippen MR) is 67.5 cm³/mol. The Balaban J connectivity index is 2.29. The Morgan fingerprint density at radius 3 is 2.32 bits per heavy atom. The number of carbonyl (C=O) groups is 3. The van der Waals surface area contributed by atoms with Crippen LogP contribution in [0.15, 0.2) is 0 Å². The molecule has 2 fully saturated rings. The van der Waals surface area contributed by atoms with Crippen LogP contribution in [0.1, 0.15) is 46.0 Å². The zero-order valence-electron chi connectivity index (χ0n) is 11.3. The van der Waals surface area contributed by atoms with E-state index in [-0.39, 0.29) is 11.8 Å². The molecule has 6 heteroatoms. The molecule has 1 heterocycles. The summed E-state index contributed by atoms with van der Waals surface area (Å²) >= 11 is 0. The van der Waals surface area contributed by atoms with Crippen molar-refractivity contribution in [2.24, 2.45) is 5.92 Å². The third-order valence-corrected chi connectivity index (χ3v) is 4.06. The van der Waals surface area contributed by atoms with E-state index < -0.39 is 23.6 Å². The van der Waals surface area contributed by atoms with Gasteiger partial charge in [-0.2, -0.15) is 0 Å². The second-order valence-electron chi connectivity index (χ2n) is 5.78. The van der Waals surface area contributed by atoms with Gasteiger partial charge >= 0.3 is 12.0 Å². The van der Waals surface area contributed by atoms with E-state index >= 15 is 0 Å². The van der Waals surface area contributed by atoms with Crippen LogP contribution in [0, 0.1) is 5.92 Å². The lowest BCUT2D eigenvalue weighted by atomic mass is 9.81. The van der Waals surface area contributed by atoms with Gasteiger partial charge in [0.15, 0.2) is 0 Å². The average molecular weight is 268 g/mol. The lowest BCUT2D eigenvalue weighted by Gasteiger charge is -2.31. The highest BCUT2D eigenvalue weighted by atomic mass is 16.4. The van der Waals surface area contributed by atoms with Crippen molar-refractivity contribution in [2.45, 2.75) is 57.5 Å². The van der Waals surface area contributed by atoms with Crippen molar-refractivity contribution in [3.63, 3.8) is 0 Å². The molecule has 0 aromatic rings. The predicted octanol–water partition coefficient (Wildman–Crippen LogP) is 1.35. The van der Waals surface area contributed by atoms with E-state index in [1.54, 1.807) is 13.8 Å². The minimum Gasteiger partial charge on any atom is -0.480 e. The van der Waals surface area contributed by atoms with Gasteiger partial charge in [-0.3, -0.25) is 4.79 Å². The largest absolute Gasteiger partial charge is 0.480 e. The van der Waals surface area contributed by atoms with Crippen LogP contribution in [0.3, 0.4) is 0 Å². The van der Waals surface area contributed by atoms with Gasteiger partial charge in [-0.25, -0.2) is 14.5 Å². The van der Waals surface area contributed by atoms with Crippen LogP contribution < -0.4 is 5.32 Å². The summed E-state index contributed by atoms with van der Waals surface area (Å²) in [6.45, 7) is 3.40. The number of carboxylic acid groups (broad SMARTS) is 1. The molecule has 0 bridgehead atoms. The number of rotatable bonds is 3. The first-order valence-electron chi connectivity index (χ1n) is 6.78. The number of urea groups is 1. The number of carboxylic acids is 1. The Bertz CT molecular complexity index is 413. The Morgan fingerprint density at radius 2 is 1.84 bits per heavy atom. The van der Waals surface area contributed by atoms with E-state index in [2.05, 4.69) is 5.32 Å². The second-order valence-corrected chi connectivity index (χ2v) is 5.78. The van der Waals surface area contributed by atoms with Crippen molar-refractivity contribution in [1.82, 2.24) is 10.2 Å². The fourth-order valence-electron chi connectivity index (χ4n) is 3.08. The molecule has 1 unspecified atom stereocenters. The maximum absolute atomic E-state index is 12.5. The van der Waals surface area contributed by atoms with Gasteiger partial charge in [0.2, 0.25) is 0 Å². The maximum atomic E-state index is 12.5. The van der Waals surface area contributed by atoms with Crippen molar-refractivity contribution in [1.29, 1.82) is 0 Å². The average Bonchev–Trinajstić information content (AvgIpc) is 2.54. The normalized spacial score (nSPS) is 23.8. The fraction of sp³-hybridized carbons (Fsp3) is 0.769. The van der Waals surface area contributed by atoms with E-state index in [4.69, 9.17) is 0 Å². The molecule has 0 aromatic carbocycles. The fourth-order valence-corrected chi connectivity index (χ4v) is 3.08. The lowest BCUT2D eigenvalue weighted by molar-refractivity contribution is -0.149. The Kier molecular flexibility index (Phi) is 3.52. The summed E-state index contributed by atoms with van der Waals surface area (Å²) in [6.07, 6.45) is 4.05. The molecule has 1 saturated carbocycles. The van der Waals surface area contributed by atoms with E-state index in [1.165, 1.54) is 0 Å². The number of aliphatic carboxylic acids is 1. The number of hydrogen-bond acceptors (Lipinski definition) is 3. The van der Waals surface area contributed by atoms with Gasteiger partial charge in [-0.1, -0.05) is 33.1 Å². The molecule has 3 amide bonds. The van der Waals surface area contributed by atoms with Gasteiger partial charge < -0.3 is 10.4 Å². The van der Waals surface area contributed by atoms with Gasteiger partial charge in [0, 0.05) is 0 Å². The van der Waals surface area contributed by atoms with E-state index in [0.29, 0.717) is 12.8 Å². The van der Waals surface area contributed by atoms with E-state index in [9.17, 15) is 19.5 Å². The number of nitrogens with zero attached hydrogens (tertiary/aromatic N) is 1. The van der Waals surface area contributed by atoms with E-state index in [0.717, 1.165) is 24.2 Å². The van der Waals surface area contributed by atoms with Gasteiger partial charge in [0.05, 0.1) is 0 Å². The van der Waals surface area contributed by atoms with E-state index in [1.807, 2.05) is 0 Å². The van der Waals surface area contributed by atoms with Gasteiger partial charge in [0.25, 0.3) is 5.91 Å². The molecular weight excluding hydrogens is 248 g/mol. The van der Waals surface area contributed by atoms with Crippen molar-refractivity contribution in [2.75, 3.05) is 0 Å². The summed E-state index contributed by atoms with van der Waals surface area (Å²) in [5, 5.41) is 12.0. The second kappa shape index (κ2) is 4.83. The molecule has 106 valence electrons. The minimum atomic E-state index is -1.13. The molecule has 0 radical (unpaired) electrons. The molecule has 0 aromatic heterocycles. The third kappa shape index (κ3) is 2.19. The molecular formula is C13H20N2O4. The molecule has 19 heavy (non-hydrogen) atoms. The van der Waals surface area contributed by atoms with Crippen molar-refractivity contribution < 1.29 is 19.5 Å². The maximum Gasteiger partial charge on any atom is 0.327 e. The van der Waals surface area contributed by atoms with Crippen molar-refractivity contribution in [3.8, 4) is 0 Å². The first-order chi connectivity index (χ1) is 8.89. The SMILES string of the molecule is CC(C)C(C(=O)O)N1C(=O)NC2(CCCCC2)C1=O. The highest BCUT2D eigenvalue weighted by Crippen LogP contribution is 2.35. The number of nitrogens with one attached hydrogen (secondary N) is 1. The van der Waals surface area contributed by atoms with Crippen LogP contribution in [0.2, 0.25) is 0 Å². The molecule has 6 nitrogen and oxygen atoms in total. The number of amides is 3. The van der Waals surface area contributed by atoms with Crippen LogP contribution in [-0.4, -0.2) is 39.5 Å². The smallest absolute Gasteiger partial charge is 0.327 e. The van der Waals surface area contributed by atoms with Crippen LogP contribution in [0.25, 0.3) is 0 Å². The highest BCUT2D eigenvalue weighted by molar-refractivity contribution is 6.09. The molecule has 1 spiro atoms. The Labute approximate surface area is 112 Å². The summed E-state index contributed by atoms with van der Waals surface area (Å²) in [4.78, 5) is 36.8. The highest BCUT2D eigenvalue weighted by Gasteiger charge is 2.54. The molecule has 1 saturated heterocycles. The molecule has 2 N–H and O–H groups in total. The summed E-state index contributed by atoms with van der Waals surface area (Å²) in [5.74, 6) is -1.81. The quantitative estimate of drug-likeness (QED) is 0.756. The van der Waals surface area contributed by atoms with Crippen LogP contribution in [0.4, 0.5) is 4.79 Å². The summed E-state index contributed by atoms with van der Waals surface area (Å²) < 4.78 is 0. The minimum absolute atomic E-state index is 0.314. The van der Waals surface area contributed by atoms with Crippen molar-refractivity contribution >= 4 is 17.9 Å². The standard InChI is InChI=1S/C13H20N2O4/c1-8(2)9(10(16)17)15-11(18)13(14-12(15)19)6-4-3-5-7-13/h8-9H,3-7H2,1-2H3,(H,14,19)(H,16,17). The molecule has 2 aliphatic rings. The number of carbonyl (C=O) groups excluding carboxylic acids is 2.